The van der Waals surface area contributed by atoms with Gasteiger partial charge in [0.1, 0.15) is 0 Å². The Labute approximate surface area is 211 Å². The quantitative estimate of drug-likeness (QED) is 0.210. The molecule has 0 saturated heterocycles. The maximum absolute atomic E-state index is 11.3. The maximum atomic E-state index is 11.3. The molecule has 194 valence electrons. The van der Waals surface area contributed by atoms with Gasteiger partial charge in [-0.2, -0.15) is 0 Å². The molecule has 0 heterocycles. The lowest BCUT2D eigenvalue weighted by Gasteiger charge is -2.69. The van der Waals surface area contributed by atoms with E-state index in [4.69, 9.17) is 4.74 Å². The Morgan fingerprint density at radius 1 is 1.00 bits per heavy atom. The summed E-state index contributed by atoms with van der Waals surface area (Å²) in [7, 11) is 0. The van der Waals surface area contributed by atoms with Gasteiger partial charge >= 0.3 is 5.97 Å². The second kappa shape index (κ2) is 10.1. The highest BCUT2D eigenvalue weighted by Crippen LogP contribution is 2.73. The Balaban J connectivity index is 1.84. The summed E-state index contributed by atoms with van der Waals surface area (Å²) < 4.78 is 5.33. The number of carbonyl (C=O) groups is 1. The fourth-order valence-corrected chi connectivity index (χ4v) is 8.98. The van der Waals surface area contributed by atoms with Crippen LogP contribution in [0.3, 0.4) is 0 Å². The van der Waals surface area contributed by atoms with Crippen LogP contribution in [-0.4, -0.2) is 12.6 Å². The van der Waals surface area contributed by atoms with Crippen molar-refractivity contribution < 1.29 is 9.53 Å². The molecule has 2 nitrogen and oxygen atoms in total. The van der Waals surface area contributed by atoms with Crippen molar-refractivity contribution in [2.45, 2.75) is 133 Å². The van der Waals surface area contributed by atoms with Crippen LogP contribution in [0, 0.1) is 33.5 Å². The molecule has 0 bridgehead atoms. The van der Waals surface area contributed by atoms with Crippen LogP contribution in [0.2, 0.25) is 0 Å². The maximum Gasteiger partial charge on any atom is 0.302 e. The molecular formula is C32H54O2. The first-order valence-electron chi connectivity index (χ1n) is 14.2. The first-order valence-corrected chi connectivity index (χ1v) is 14.2. The molecule has 0 N–H and O–H groups in total. The van der Waals surface area contributed by atoms with Crippen molar-refractivity contribution in [1.82, 2.24) is 0 Å². The minimum absolute atomic E-state index is 0.147. The van der Waals surface area contributed by atoms with Crippen LogP contribution < -0.4 is 0 Å². The zero-order chi connectivity index (χ0) is 25.4. The van der Waals surface area contributed by atoms with E-state index in [2.05, 4.69) is 61.5 Å². The molecule has 3 aliphatic carbocycles. The first kappa shape index (κ1) is 27.5. The minimum Gasteiger partial charge on any atom is -0.466 e. The van der Waals surface area contributed by atoms with Gasteiger partial charge in [-0.3, -0.25) is 4.79 Å². The fourth-order valence-electron chi connectivity index (χ4n) is 8.98. The van der Waals surface area contributed by atoms with Crippen LogP contribution in [0.1, 0.15) is 133 Å². The van der Waals surface area contributed by atoms with E-state index >= 15 is 0 Å². The van der Waals surface area contributed by atoms with Gasteiger partial charge in [-0.1, -0.05) is 50.5 Å². The molecule has 0 amide bonds. The van der Waals surface area contributed by atoms with E-state index in [1.54, 1.807) is 5.57 Å². The standard InChI is InChI=1S/C32H54O2/c1-23(2)12-10-16-29(6)17-20-32(9)28-15-14-26(24(3)4)27(13-11-21-34-25(5)33)31(28,8)19-18-30(32,7)22-29/h12,27-28H,10-11,13-22H2,1-9H3/t27-,28?,29-,30+,31+,32-/m1/s1. The number of hydrogen-bond acceptors (Lipinski definition) is 2. The zero-order valence-corrected chi connectivity index (χ0v) is 24.0. The molecule has 3 saturated carbocycles. The number of rotatable bonds is 7. The topological polar surface area (TPSA) is 26.3 Å². The highest BCUT2D eigenvalue weighted by atomic mass is 16.5. The molecule has 1 unspecified atom stereocenters. The monoisotopic (exact) mass is 470 g/mol. The van der Waals surface area contributed by atoms with Gasteiger partial charge in [0, 0.05) is 6.92 Å². The summed E-state index contributed by atoms with van der Waals surface area (Å²) in [6.07, 6.45) is 16.7. The Morgan fingerprint density at radius 3 is 2.32 bits per heavy atom. The highest BCUT2D eigenvalue weighted by Gasteiger charge is 2.64. The minimum atomic E-state index is -0.147. The lowest BCUT2D eigenvalue weighted by molar-refractivity contribution is -0.185. The van der Waals surface area contributed by atoms with Crippen molar-refractivity contribution in [2.24, 2.45) is 33.5 Å². The van der Waals surface area contributed by atoms with Crippen LogP contribution >= 0.6 is 0 Å². The van der Waals surface area contributed by atoms with Gasteiger partial charge in [0.05, 0.1) is 6.61 Å². The Hall–Kier alpha value is -1.05. The predicted octanol–water partition coefficient (Wildman–Crippen LogP) is 9.44. The number of fused-ring (bicyclic) bond motifs is 3. The molecule has 3 aliphatic rings. The summed E-state index contributed by atoms with van der Waals surface area (Å²) in [6, 6.07) is 0. The molecule has 34 heavy (non-hydrogen) atoms. The summed E-state index contributed by atoms with van der Waals surface area (Å²) in [4.78, 5) is 11.3. The Morgan fingerprint density at radius 2 is 1.71 bits per heavy atom. The molecule has 0 aliphatic heterocycles. The van der Waals surface area contributed by atoms with Crippen LogP contribution in [0.5, 0.6) is 0 Å². The molecule has 0 aromatic carbocycles. The lowest BCUT2D eigenvalue weighted by Crippen LogP contribution is -2.60. The summed E-state index contributed by atoms with van der Waals surface area (Å²) in [5.74, 6) is 1.29. The van der Waals surface area contributed by atoms with Gasteiger partial charge in [0.25, 0.3) is 0 Å². The summed E-state index contributed by atoms with van der Waals surface area (Å²) in [5, 5.41) is 0. The fraction of sp³-hybridized carbons (Fsp3) is 0.844. The summed E-state index contributed by atoms with van der Waals surface area (Å²) in [5.41, 5.74) is 6.43. The van der Waals surface area contributed by atoms with Crippen molar-refractivity contribution >= 4 is 5.97 Å². The van der Waals surface area contributed by atoms with Gasteiger partial charge in [0.15, 0.2) is 0 Å². The van der Waals surface area contributed by atoms with E-state index in [9.17, 15) is 4.79 Å². The van der Waals surface area contributed by atoms with Crippen molar-refractivity contribution in [2.75, 3.05) is 6.61 Å². The van der Waals surface area contributed by atoms with Crippen molar-refractivity contribution in [3.05, 3.63) is 22.8 Å². The van der Waals surface area contributed by atoms with Gasteiger partial charge in [0.2, 0.25) is 0 Å². The zero-order valence-electron chi connectivity index (χ0n) is 24.0. The lowest BCUT2D eigenvalue weighted by atomic mass is 9.36. The molecule has 2 heteroatoms. The normalized spacial score (nSPS) is 39.6. The number of carbonyl (C=O) groups excluding carboxylic acids is 1. The van der Waals surface area contributed by atoms with Crippen LogP contribution in [0.15, 0.2) is 22.8 Å². The van der Waals surface area contributed by atoms with Crippen LogP contribution in [0.25, 0.3) is 0 Å². The SMILES string of the molecule is CC(=O)OCCC[C@@H]1C(=C(C)C)CCC2[C@@]1(C)CC[C@@]1(C)C[C@](C)(CCC=C(C)C)CC[C@]21C. The number of esters is 1. The second-order valence-electron chi connectivity index (χ2n) is 13.9. The molecule has 0 spiro atoms. The molecular weight excluding hydrogens is 416 g/mol. The summed E-state index contributed by atoms with van der Waals surface area (Å²) >= 11 is 0. The van der Waals surface area contributed by atoms with Crippen molar-refractivity contribution in [3.8, 4) is 0 Å². The van der Waals surface area contributed by atoms with Crippen LogP contribution in [0.4, 0.5) is 0 Å². The molecule has 0 aromatic heterocycles. The van der Waals surface area contributed by atoms with Gasteiger partial charge < -0.3 is 4.74 Å². The van der Waals surface area contributed by atoms with Crippen molar-refractivity contribution in [1.29, 1.82) is 0 Å². The second-order valence-corrected chi connectivity index (χ2v) is 13.9. The van der Waals surface area contributed by atoms with Crippen molar-refractivity contribution in [3.63, 3.8) is 0 Å². The molecule has 6 atom stereocenters. The van der Waals surface area contributed by atoms with Crippen LogP contribution in [-0.2, 0) is 9.53 Å². The van der Waals surface area contributed by atoms with E-state index in [0.717, 1.165) is 18.8 Å². The number of hydrogen-bond donors (Lipinski definition) is 0. The van der Waals surface area contributed by atoms with Gasteiger partial charge in [-0.15, -0.1) is 0 Å². The Bertz CT molecular complexity index is 813. The molecule has 0 radical (unpaired) electrons. The van der Waals surface area contributed by atoms with E-state index in [1.807, 2.05) is 0 Å². The molecule has 0 aromatic rings. The van der Waals surface area contributed by atoms with Gasteiger partial charge in [-0.25, -0.2) is 0 Å². The third-order valence-electron chi connectivity index (χ3n) is 11.0. The molecule has 3 fully saturated rings. The summed E-state index contributed by atoms with van der Waals surface area (Å²) in [6.45, 7) is 21.8. The third kappa shape index (κ3) is 5.22. The Kier molecular flexibility index (Phi) is 8.21. The average Bonchev–Trinajstić information content (AvgIpc) is 2.72. The predicted molar refractivity (Wildman–Crippen MR) is 145 cm³/mol. The number of ether oxygens (including phenoxy) is 1. The van der Waals surface area contributed by atoms with E-state index in [1.165, 1.54) is 75.9 Å². The molecule has 3 rings (SSSR count). The number of allylic oxidation sites excluding steroid dienone is 4. The van der Waals surface area contributed by atoms with E-state index < -0.39 is 0 Å². The van der Waals surface area contributed by atoms with E-state index in [-0.39, 0.29) is 5.97 Å². The largest absolute Gasteiger partial charge is 0.466 e. The van der Waals surface area contributed by atoms with E-state index in [0.29, 0.717) is 34.2 Å². The smallest absolute Gasteiger partial charge is 0.302 e. The third-order valence-corrected chi connectivity index (χ3v) is 11.0. The van der Waals surface area contributed by atoms with Gasteiger partial charge in [-0.05, 0) is 132 Å². The first-order chi connectivity index (χ1) is 15.8. The highest BCUT2D eigenvalue weighted by molar-refractivity contribution is 5.65. The average molecular weight is 471 g/mol.